The Morgan fingerprint density at radius 1 is 1.10 bits per heavy atom. The minimum absolute atomic E-state index is 0.280. The average Bonchev–Trinajstić information content (AvgIpc) is 2.42. The molecule has 0 aliphatic rings. The van der Waals surface area contributed by atoms with Gasteiger partial charge in [-0.25, -0.2) is 0 Å². The van der Waals surface area contributed by atoms with Crippen LogP contribution in [-0.4, -0.2) is 11.2 Å². The minimum atomic E-state index is -0.565. The van der Waals surface area contributed by atoms with Crippen LogP contribution in [0.15, 0.2) is 21.1 Å². The highest BCUT2D eigenvalue weighted by molar-refractivity contribution is 9.11. The van der Waals surface area contributed by atoms with E-state index in [0.29, 0.717) is 26.7 Å². The van der Waals surface area contributed by atoms with Gasteiger partial charge in [0.25, 0.3) is 5.24 Å². The molecule has 0 spiro atoms. The lowest BCUT2D eigenvalue weighted by Crippen LogP contribution is -2.09. The van der Waals surface area contributed by atoms with Crippen molar-refractivity contribution in [3.8, 4) is 5.75 Å². The summed E-state index contributed by atoms with van der Waals surface area (Å²) in [6, 6.07) is 3.06. The van der Waals surface area contributed by atoms with E-state index in [1.165, 1.54) is 25.0 Å². The molecule has 0 saturated heterocycles. The van der Waals surface area contributed by atoms with Crippen LogP contribution in [0, 0.1) is 0 Å². The van der Waals surface area contributed by atoms with Crippen molar-refractivity contribution >= 4 is 54.7 Å². The van der Waals surface area contributed by atoms with Crippen LogP contribution in [0.2, 0.25) is 0 Å². The molecule has 0 amide bonds. The van der Waals surface area contributed by atoms with E-state index in [4.69, 9.17) is 16.3 Å². The largest absolute Gasteiger partial charge is 0.424 e. The fourth-order valence-electron chi connectivity index (χ4n) is 1.81. The summed E-state index contributed by atoms with van der Waals surface area (Å²) in [5, 5.41) is -0.565. The monoisotopic (exact) mass is 438 g/mol. The predicted molar refractivity (Wildman–Crippen MR) is 91.0 cm³/mol. The van der Waals surface area contributed by atoms with Crippen LogP contribution >= 0.6 is 43.5 Å². The molecular weight excluding hydrogens is 423 g/mol. The van der Waals surface area contributed by atoms with Crippen molar-refractivity contribution < 1.29 is 14.3 Å². The third-order valence-electron chi connectivity index (χ3n) is 2.93. The predicted octanol–water partition coefficient (Wildman–Crippen LogP) is 5.86. The molecule has 0 unspecified atom stereocenters. The smallest absolute Gasteiger partial charge is 0.311 e. The first kappa shape index (κ1) is 18.7. The number of hydrogen-bond donors (Lipinski definition) is 0. The van der Waals surface area contributed by atoms with Gasteiger partial charge < -0.3 is 4.74 Å². The second-order valence-electron chi connectivity index (χ2n) is 4.68. The van der Waals surface area contributed by atoms with Gasteiger partial charge in [-0.1, -0.05) is 32.6 Å². The number of rotatable bonds is 8. The maximum Gasteiger partial charge on any atom is 0.311 e. The molecule has 1 aromatic rings. The van der Waals surface area contributed by atoms with E-state index in [2.05, 4.69) is 38.8 Å². The van der Waals surface area contributed by atoms with Crippen LogP contribution < -0.4 is 4.74 Å². The van der Waals surface area contributed by atoms with Gasteiger partial charge in [0.1, 0.15) is 0 Å². The summed E-state index contributed by atoms with van der Waals surface area (Å²) in [6.45, 7) is 2.15. The molecule has 6 heteroatoms. The number of ether oxygens (including phenoxy) is 1. The third-order valence-corrected chi connectivity index (χ3v) is 4.32. The van der Waals surface area contributed by atoms with E-state index in [0.717, 1.165) is 19.3 Å². The van der Waals surface area contributed by atoms with Gasteiger partial charge in [-0.15, -0.1) is 0 Å². The second-order valence-corrected chi connectivity index (χ2v) is 6.73. The Hall–Kier alpha value is -0.390. The number of halogens is 3. The van der Waals surface area contributed by atoms with E-state index in [1.807, 2.05) is 0 Å². The summed E-state index contributed by atoms with van der Waals surface area (Å²) in [7, 11) is 0. The topological polar surface area (TPSA) is 43.4 Å². The quantitative estimate of drug-likeness (QED) is 0.220. The Kier molecular flexibility index (Phi) is 8.52. The molecule has 3 nitrogen and oxygen atoms in total. The summed E-state index contributed by atoms with van der Waals surface area (Å²) >= 11 is 12.0. The molecule has 0 aliphatic heterocycles. The van der Waals surface area contributed by atoms with Crippen molar-refractivity contribution in [1.82, 2.24) is 0 Å². The van der Waals surface area contributed by atoms with E-state index in [-0.39, 0.29) is 5.97 Å². The normalized spacial score (nSPS) is 10.5. The summed E-state index contributed by atoms with van der Waals surface area (Å²) in [4.78, 5) is 22.9. The van der Waals surface area contributed by atoms with Gasteiger partial charge in [0.15, 0.2) is 5.75 Å². The lowest BCUT2D eigenvalue weighted by atomic mass is 10.1. The van der Waals surface area contributed by atoms with E-state index < -0.39 is 5.24 Å². The zero-order chi connectivity index (χ0) is 15.8. The SMILES string of the molecule is CCCCCCCC(=O)Oc1c(Br)cc(C(=O)Cl)cc1Br. The molecule has 0 fully saturated rings. The molecule has 0 bridgehead atoms. The maximum absolute atomic E-state index is 11.8. The standard InChI is InChI=1S/C15H17Br2ClO3/c1-2-3-4-5-6-7-13(19)21-14-11(16)8-10(15(18)20)9-12(14)17/h8-9H,2-7H2,1H3. The third kappa shape index (κ3) is 6.49. The average molecular weight is 441 g/mol. The molecule has 0 heterocycles. The number of carbonyl (C=O) groups is 2. The van der Waals surface area contributed by atoms with Gasteiger partial charge in [0, 0.05) is 12.0 Å². The van der Waals surface area contributed by atoms with Crippen LogP contribution in [0.3, 0.4) is 0 Å². The number of unbranched alkanes of at least 4 members (excludes halogenated alkanes) is 4. The summed E-state index contributed by atoms with van der Waals surface area (Å²) in [5.41, 5.74) is 0.329. The van der Waals surface area contributed by atoms with Crippen molar-refractivity contribution in [2.24, 2.45) is 0 Å². The number of carbonyl (C=O) groups excluding carboxylic acids is 2. The molecule has 0 saturated carbocycles. The lowest BCUT2D eigenvalue weighted by Gasteiger charge is -2.09. The highest BCUT2D eigenvalue weighted by Crippen LogP contribution is 2.35. The second kappa shape index (κ2) is 9.59. The van der Waals surface area contributed by atoms with Crippen molar-refractivity contribution in [3.05, 3.63) is 26.6 Å². The highest BCUT2D eigenvalue weighted by Gasteiger charge is 2.15. The number of hydrogen-bond acceptors (Lipinski definition) is 3. The Bertz CT molecular complexity index is 495. The molecule has 0 radical (unpaired) electrons. The maximum atomic E-state index is 11.8. The Labute approximate surface area is 146 Å². The van der Waals surface area contributed by atoms with Gasteiger partial charge in [0.2, 0.25) is 0 Å². The van der Waals surface area contributed by atoms with Crippen molar-refractivity contribution in [3.63, 3.8) is 0 Å². The molecule has 0 aromatic heterocycles. The van der Waals surface area contributed by atoms with E-state index >= 15 is 0 Å². The molecule has 21 heavy (non-hydrogen) atoms. The number of benzene rings is 1. The molecule has 0 N–H and O–H groups in total. The number of esters is 1. The summed E-state index contributed by atoms with van der Waals surface area (Å²) in [6.07, 6.45) is 5.76. The fourth-order valence-corrected chi connectivity index (χ4v) is 3.27. The van der Waals surface area contributed by atoms with Crippen LogP contribution in [0.1, 0.15) is 55.8 Å². The summed E-state index contributed by atoms with van der Waals surface area (Å²) in [5.74, 6) is 0.0908. The van der Waals surface area contributed by atoms with Crippen molar-refractivity contribution in [2.45, 2.75) is 45.4 Å². The first-order valence-corrected chi connectivity index (χ1v) is 8.81. The zero-order valence-electron chi connectivity index (χ0n) is 11.8. The lowest BCUT2D eigenvalue weighted by molar-refractivity contribution is -0.134. The van der Waals surface area contributed by atoms with Crippen LogP contribution in [0.4, 0.5) is 0 Å². The first-order valence-electron chi connectivity index (χ1n) is 6.85. The van der Waals surface area contributed by atoms with Crippen LogP contribution in [0.5, 0.6) is 5.75 Å². The molecular formula is C15H17Br2ClO3. The minimum Gasteiger partial charge on any atom is -0.424 e. The Balaban J connectivity index is 2.58. The van der Waals surface area contributed by atoms with E-state index in [9.17, 15) is 9.59 Å². The van der Waals surface area contributed by atoms with Gasteiger partial charge in [-0.2, -0.15) is 0 Å². The van der Waals surface area contributed by atoms with Gasteiger partial charge in [0.05, 0.1) is 8.95 Å². The van der Waals surface area contributed by atoms with Crippen molar-refractivity contribution in [1.29, 1.82) is 0 Å². The molecule has 1 aromatic carbocycles. The van der Waals surface area contributed by atoms with Crippen molar-refractivity contribution in [2.75, 3.05) is 0 Å². The fraction of sp³-hybridized carbons (Fsp3) is 0.467. The Morgan fingerprint density at radius 2 is 1.67 bits per heavy atom. The van der Waals surface area contributed by atoms with Gasteiger partial charge >= 0.3 is 5.97 Å². The molecule has 0 atom stereocenters. The first-order chi connectivity index (χ1) is 9.95. The van der Waals surface area contributed by atoms with E-state index in [1.54, 1.807) is 0 Å². The van der Waals surface area contributed by atoms with Gasteiger partial charge in [-0.3, -0.25) is 9.59 Å². The molecule has 116 valence electrons. The summed E-state index contributed by atoms with van der Waals surface area (Å²) < 4.78 is 6.36. The zero-order valence-corrected chi connectivity index (χ0v) is 15.7. The Morgan fingerprint density at radius 3 is 2.19 bits per heavy atom. The van der Waals surface area contributed by atoms with Gasteiger partial charge in [-0.05, 0) is 62.0 Å². The highest BCUT2D eigenvalue weighted by atomic mass is 79.9. The van der Waals surface area contributed by atoms with Crippen LogP contribution in [-0.2, 0) is 4.79 Å². The molecule has 1 rings (SSSR count). The molecule has 0 aliphatic carbocycles. The van der Waals surface area contributed by atoms with Crippen LogP contribution in [0.25, 0.3) is 0 Å².